The molecule has 0 fully saturated rings. The van der Waals surface area contributed by atoms with Gasteiger partial charge in [-0.2, -0.15) is 0 Å². The fraction of sp³-hybridized carbons (Fsp3) is 0.562. The Morgan fingerprint density at radius 1 is 1.26 bits per heavy atom. The summed E-state index contributed by atoms with van der Waals surface area (Å²) in [7, 11) is 0. The van der Waals surface area contributed by atoms with Crippen LogP contribution in [-0.2, 0) is 0 Å². The highest BCUT2D eigenvalue weighted by Gasteiger charge is 2.13. The Bertz CT molecular complexity index is 427. The fourth-order valence-corrected chi connectivity index (χ4v) is 2.08. The molecule has 1 aromatic rings. The first-order chi connectivity index (χ1) is 8.91. The lowest BCUT2D eigenvalue weighted by atomic mass is 10.0. The highest BCUT2D eigenvalue weighted by molar-refractivity contribution is 5.96. The van der Waals surface area contributed by atoms with Gasteiger partial charge >= 0.3 is 0 Å². The first kappa shape index (κ1) is 15.5. The predicted octanol–water partition coefficient (Wildman–Crippen LogP) is 3.65. The summed E-state index contributed by atoms with van der Waals surface area (Å²) in [5, 5.41) is 12.6. The molecule has 1 rings (SSSR count). The Labute approximate surface area is 116 Å². The zero-order valence-corrected chi connectivity index (χ0v) is 12.4. The largest absolute Gasteiger partial charge is 0.508 e. The monoisotopic (exact) mass is 263 g/mol. The summed E-state index contributed by atoms with van der Waals surface area (Å²) in [5.41, 5.74) is 1.19. The van der Waals surface area contributed by atoms with Crippen molar-refractivity contribution in [1.82, 2.24) is 5.32 Å². The summed E-state index contributed by atoms with van der Waals surface area (Å²) in [4.78, 5) is 12.1. The van der Waals surface area contributed by atoms with E-state index in [1.807, 2.05) is 6.92 Å². The number of phenols is 1. The molecule has 0 saturated carbocycles. The molecular weight excluding hydrogens is 238 g/mol. The van der Waals surface area contributed by atoms with E-state index >= 15 is 0 Å². The van der Waals surface area contributed by atoms with Gasteiger partial charge in [0.05, 0.1) is 0 Å². The van der Waals surface area contributed by atoms with Gasteiger partial charge in [-0.05, 0) is 38.3 Å². The molecule has 0 aliphatic heterocycles. The SMILES string of the molecule is Cc1c(O)cccc1C(=O)NC(C)CCCC(C)C. The summed E-state index contributed by atoms with van der Waals surface area (Å²) >= 11 is 0. The summed E-state index contributed by atoms with van der Waals surface area (Å²) in [6.45, 7) is 8.20. The van der Waals surface area contributed by atoms with E-state index < -0.39 is 0 Å². The summed E-state index contributed by atoms with van der Waals surface area (Å²) < 4.78 is 0. The molecule has 0 saturated heterocycles. The Hall–Kier alpha value is -1.51. The van der Waals surface area contributed by atoms with Gasteiger partial charge in [0.15, 0.2) is 0 Å². The average Bonchev–Trinajstić information content (AvgIpc) is 2.31. The molecule has 2 N–H and O–H groups in total. The second-order valence-electron chi connectivity index (χ2n) is 5.65. The number of phenolic OH excluding ortho intramolecular Hbond substituents is 1. The van der Waals surface area contributed by atoms with Gasteiger partial charge in [-0.3, -0.25) is 4.79 Å². The molecule has 0 aliphatic carbocycles. The van der Waals surface area contributed by atoms with E-state index in [-0.39, 0.29) is 17.7 Å². The standard InChI is InChI=1S/C16H25NO2/c1-11(2)7-5-8-12(3)17-16(19)14-9-6-10-15(18)13(14)4/h6,9-12,18H,5,7-8H2,1-4H3,(H,17,19). The Balaban J connectivity index is 2.52. The van der Waals surface area contributed by atoms with Crippen molar-refractivity contribution >= 4 is 5.91 Å². The zero-order valence-electron chi connectivity index (χ0n) is 12.4. The van der Waals surface area contributed by atoms with Crippen molar-refractivity contribution in [3.05, 3.63) is 29.3 Å². The first-order valence-corrected chi connectivity index (χ1v) is 7.01. The molecule has 1 amide bonds. The van der Waals surface area contributed by atoms with Crippen molar-refractivity contribution in [2.24, 2.45) is 5.92 Å². The van der Waals surface area contributed by atoms with Crippen LogP contribution in [0.15, 0.2) is 18.2 Å². The minimum Gasteiger partial charge on any atom is -0.508 e. The normalized spacial score (nSPS) is 12.5. The van der Waals surface area contributed by atoms with Gasteiger partial charge in [0, 0.05) is 17.2 Å². The van der Waals surface area contributed by atoms with E-state index in [4.69, 9.17) is 0 Å². The van der Waals surface area contributed by atoms with Crippen LogP contribution < -0.4 is 5.32 Å². The van der Waals surface area contributed by atoms with Crippen LogP contribution in [0.2, 0.25) is 0 Å². The van der Waals surface area contributed by atoms with Gasteiger partial charge in [0.25, 0.3) is 5.91 Å². The van der Waals surface area contributed by atoms with Crippen LogP contribution in [-0.4, -0.2) is 17.1 Å². The second kappa shape index (κ2) is 7.17. The highest BCUT2D eigenvalue weighted by atomic mass is 16.3. The van der Waals surface area contributed by atoms with Crippen molar-refractivity contribution in [1.29, 1.82) is 0 Å². The van der Waals surface area contributed by atoms with Gasteiger partial charge in [-0.1, -0.05) is 32.8 Å². The predicted molar refractivity (Wildman–Crippen MR) is 78.5 cm³/mol. The van der Waals surface area contributed by atoms with Crippen LogP contribution in [0.1, 0.15) is 56.0 Å². The lowest BCUT2D eigenvalue weighted by Gasteiger charge is -2.15. The average molecular weight is 263 g/mol. The second-order valence-corrected chi connectivity index (χ2v) is 5.65. The Kier molecular flexibility index (Phi) is 5.87. The van der Waals surface area contributed by atoms with Gasteiger partial charge in [-0.15, -0.1) is 0 Å². The number of carbonyl (C=O) groups excluding carboxylic acids is 1. The zero-order chi connectivity index (χ0) is 14.4. The molecule has 0 radical (unpaired) electrons. The van der Waals surface area contributed by atoms with Crippen LogP contribution in [0.5, 0.6) is 5.75 Å². The van der Waals surface area contributed by atoms with E-state index in [1.54, 1.807) is 25.1 Å². The van der Waals surface area contributed by atoms with Crippen LogP contribution in [0, 0.1) is 12.8 Å². The maximum Gasteiger partial charge on any atom is 0.251 e. The van der Waals surface area contributed by atoms with Crippen molar-refractivity contribution in [3.8, 4) is 5.75 Å². The van der Waals surface area contributed by atoms with E-state index in [9.17, 15) is 9.90 Å². The van der Waals surface area contributed by atoms with Crippen LogP contribution in [0.4, 0.5) is 0 Å². The quantitative estimate of drug-likeness (QED) is 0.823. The third-order valence-electron chi connectivity index (χ3n) is 3.35. The molecule has 1 aromatic carbocycles. The number of nitrogens with one attached hydrogen (secondary N) is 1. The first-order valence-electron chi connectivity index (χ1n) is 7.01. The Morgan fingerprint density at radius 3 is 2.58 bits per heavy atom. The van der Waals surface area contributed by atoms with Gasteiger partial charge in [-0.25, -0.2) is 0 Å². The molecule has 3 nitrogen and oxygen atoms in total. The third-order valence-corrected chi connectivity index (χ3v) is 3.35. The lowest BCUT2D eigenvalue weighted by Crippen LogP contribution is -2.32. The molecular formula is C16H25NO2. The van der Waals surface area contributed by atoms with E-state index in [2.05, 4.69) is 19.2 Å². The molecule has 19 heavy (non-hydrogen) atoms. The Morgan fingerprint density at radius 2 is 1.95 bits per heavy atom. The van der Waals surface area contributed by atoms with Crippen molar-refractivity contribution in [3.63, 3.8) is 0 Å². The number of aromatic hydroxyl groups is 1. The molecule has 106 valence electrons. The molecule has 0 bridgehead atoms. The highest BCUT2D eigenvalue weighted by Crippen LogP contribution is 2.19. The molecule has 1 atom stereocenters. The van der Waals surface area contributed by atoms with Gasteiger partial charge in [0.1, 0.15) is 5.75 Å². The fourth-order valence-electron chi connectivity index (χ4n) is 2.08. The number of carbonyl (C=O) groups is 1. The smallest absolute Gasteiger partial charge is 0.251 e. The maximum atomic E-state index is 12.1. The third kappa shape index (κ3) is 4.93. The topological polar surface area (TPSA) is 49.3 Å². The van der Waals surface area contributed by atoms with Crippen molar-refractivity contribution in [2.75, 3.05) is 0 Å². The van der Waals surface area contributed by atoms with Crippen molar-refractivity contribution in [2.45, 2.75) is 53.0 Å². The van der Waals surface area contributed by atoms with E-state index in [1.165, 1.54) is 6.42 Å². The number of benzene rings is 1. The van der Waals surface area contributed by atoms with Crippen LogP contribution in [0.3, 0.4) is 0 Å². The van der Waals surface area contributed by atoms with Crippen LogP contribution in [0.25, 0.3) is 0 Å². The summed E-state index contributed by atoms with van der Waals surface area (Å²) in [5.74, 6) is 0.766. The minimum atomic E-state index is -0.106. The maximum absolute atomic E-state index is 12.1. The minimum absolute atomic E-state index is 0.106. The number of hydrogen-bond acceptors (Lipinski definition) is 2. The van der Waals surface area contributed by atoms with Gasteiger partial charge < -0.3 is 10.4 Å². The van der Waals surface area contributed by atoms with E-state index in [0.29, 0.717) is 17.0 Å². The molecule has 1 unspecified atom stereocenters. The molecule has 3 heteroatoms. The number of amides is 1. The van der Waals surface area contributed by atoms with E-state index in [0.717, 1.165) is 12.8 Å². The van der Waals surface area contributed by atoms with Crippen molar-refractivity contribution < 1.29 is 9.90 Å². The molecule has 0 aromatic heterocycles. The summed E-state index contributed by atoms with van der Waals surface area (Å²) in [6.07, 6.45) is 3.30. The molecule has 0 spiro atoms. The van der Waals surface area contributed by atoms with Gasteiger partial charge in [0.2, 0.25) is 0 Å². The van der Waals surface area contributed by atoms with Crippen LogP contribution >= 0.6 is 0 Å². The number of hydrogen-bond donors (Lipinski definition) is 2. The summed E-state index contributed by atoms with van der Waals surface area (Å²) in [6, 6.07) is 5.19. The lowest BCUT2D eigenvalue weighted by molar-refractivity contribution is 0.0936. The molecule has 0 heterocycles. The number of rotatable bonds is 6. The molecule has 0 aliphatic rings.